The first-order chi connectivity index (χ1) is 5.52. The fourth-order valence-corrected chi connectivity index (χ4v) is 1.42. The summed E-state index contributed by atoms with van der Waals surface area (Å²) in [6.45, 7) is 1.60. The van der Waals surface area contributed by atoms with Crippen LogP contribution in [0.15, 0.2) is 17.0 Å². The molecule has 0 radical (unpaired) electrons. The molecule has 0 fully saturated rings. The molecule has 0 spiro atoms. The van der Waals surface area contributed by atoms with Gasteiger partial charge in [-0.05, 0) is 35.7 Å². The first-order valence-electron chi connectivity index (χ1n) is 3.07. The molecule has 0 saturated heterocycles. The van der Waals surface area contributed by atoms with Crippen molar-refractivity contribution in [3.63, 3.8) is 0 Å². The average molecular weight is 208 g/mol. The molecule has 0 heterocycles. The Bertz CT molecular complexity index is 340. The van der Waals surface area contributed by atoms with Crippen molar-refractivity contribution in [2.45, 2.75) is 11.8 Å². The second kappa shape index (κ2) is 3.51. The summed E-state index contributed by atoms with van der Waals surface area (Å²) >= 11 is 3.02. The molecule has 12 heavy (non-hydrogen) atoms. The maximum atomic E-state index is 12.8. The van der Waals surface area contributed by atoms with Gasteiger partial charge < -0.3 is 4.55 Å². The van der Waals surface area contributed by atoms with Gasteiger partial charge in [-0.25, -0.2) is 4.39 Å². The molecule has 1 rings (SSSR count). The smallest absolute Gasteiger partial charge is 0.138 e. The molecule has 5 heteroatoms. The highest BCUT2D eigenvalue weighted by molar-refractivity contribution is 7.79. The van der Waals surface area contributed by atoms with Gasteiger partial charge in [-0.1, -0.05) is 11.6 Å². The minimum atomic E-state index is -2.57. The third kappa shape index (κ3) is 1.83. The van der Waals surface area contributed by atoms with Gasteiger partial charge in [0, 0.05) is 5.02 Å². The van der Waals surface area contributed by atoms with Crippen molar-refractivity contribution >= 4 is 22.7 Å². The zero-order valence-electron chi connectivity index (χ0n) is 6.14. The molecule has 1 atom stereocenters. The topological polar surface area (TPSA) is 40.1 Å². The number of aryl methyl sites for hydroxylation is 1. The monoisotopic (exact) mass is 207 g/mol. The molecule has 1 aromatic carbocycles. The third-order valence-corrected chi connectivity index (χ3v) is 2.47. The Hall–Kier alpha value is -0.450. The fraction of sp³-hybridized carbons (Fsp3) is 0.143. The van der Waals surface area contributed by atoms with Gasteiger partial charge in [0.25, 0.3) is 0 Å². The molecule has 1 aromatic rings. The third-order valence-electron chi connectivity index (χ3n) is 1.39. The molecule has 0 saturated carbocycles. The maximum Gasteiger partial charge on any atom is 0.138 e. The van der Waals surface area contributed by atoms with E-state index in [-0.39, 0.29) is 5.02 Å². The van der Waals surface area contributed by atoms with Crippen LogP contribution < -0.4 is 0 Å². The summed E-state index contributed by atoms with van der Waals surface area (Å²) in [7, 11) is 0. The zero-order valence-corrected chi connectivity index (χ0v) is 7.71. The maximum absolute atomic E-state index is 12.8. The number of halogens is 2. The Morgan fingerprint density at radius 3 is 2.67 bits per heavy atom. The lowest BCUT2D eigenvalue weighted by Crippen LogP contribution is -1.94. The van der Waals surface area contributed by atoms with E-state index in [4.69, 9.17) is 11.6 Å². The van der Waals surface area contributed by atoms with Gasteiger partial charge in [-0.2, -0.15) is 0 Å². The molecule has 0 N–H and O–H groups in total. The normalized spacial score (nSPS) is 13.0. The second-order valence-corrected chi connectivity index (χ2v) is 3.58. The predicted octanol–water partition coefficient (Wildman–Crippen LogP) is 2.03. The number of hydrogen-bond acceptors (Lipinski definition) is 2. The lowest BCUT2D eigenvalue weighted by molar-refractivity contribution is 0.523. The fourth-order valence-electron chi connectivity index (χ4n) is 0.756. The van der Waals surface area contributed by atoms with Crippen LogP contribution in [0.25, 0.3) is 0 Å². The molecule has 0 aliphatic rings. The van der Waals surface area contributed by atoms with Gasteiger partial charge in [0.15, 0.2) is 0 Å². The van der Waals surface area contributed by atoms with E-state index < -0.39 is 21.8 Å². The zero-order chi connectivity index (χ0) is 9.30. The Kier molecular flexibility index (Phi) is 2.82. The van der Waals surface area contributed by atoms with Crippen LogP contribution in [0.1, 0.15) is 5.56 Å². The van der Waals surface area contributed by atoms with Gasteiger partial charge in [0.2, 0.25) is 0 Å². The van der Waals surface area contributed by atoms with E-state index in [1.165, 1.54) is 0 Å². The van der Waals surface area contributed by atoms with E-state index in [1.807, 2.05) is 0 Å². The van der Waals surface area contributed by atoms with E-state index >= 15 is 0 Å². The van der Waals surface area contributed by atoms with E-state index in [0.717, 1.165) is 12.1 Å². The number of hydrogen-bond donors (Lipinski definition) is 0. The molecule has 66 valence electrons. The minimum Gasteiger partial charge on any atom is -0.768 e. The SMILES string of the molecule is Cc1cc(F)c(S(=O)[O-])cc1Cl. The van der Waals surface area contributed by atoms with E-state index in [1.54, 1.807) is 6.92 Å². The van der Waals surface area contributed by atoms with Gasteiger partial charge in [0.1, 0.15) is 5.82 Å². The minimum absolute atomic E-state index is 0.246. The summed E-state index contributed by atoms with van der Waals surface area (Å²) in [5.74, 6) is -0.773. The van der Waals surface area contributed by atoms with Crippen molar-refractivity contribution in [3.8, 4) is 0 Å². The van der Waals surface area contributed by atoms with Crippen LogP contribution in [0.3, 0.4) is 0 Å². The Labute approximate surface area is 76.6 Å². The molecule has 1 unspecified atom stereocenters. The highest BCUT2D eigenvalue weighted by Gasteiger charge is 2.05. The first kappa shape index (κ1) is 9.64. The number of rotatable bonds is 1. The predicted molar refractivity (Wildman–Crippen MR) is 43.3 cm³/mol. The van der Waals surface area contributed by atoms with Crippen LogP contribution >= 0.6 is 11.6 Å². The average Bonchev–Trinajstić information content (AvgIpc) is 1.96. The molecule has 0 amide bonds. The standard InChI is InChI=1S/C7H6ClFO2S/c1-4-2-6(9)7(12(10)11)3-5(4)8/h2-3H,1H3,(H,10,11)/p-1. The van der Waals surface area contributed by atoms with Gasteiger partial charge in [-0.3, -0.25) is 4.21 Å². The molecule has 0 aliphatic carbocycles. The summed E-state index contributed by atoms with van der Waals surface area (Å²) in [6, 6.07) is 2.18. The quantitative estimate of drug-likeness (QED) is 0.661. The first-order valence-corrected chi connectivity index (χ1v) is 4.52. The molecule has 0 aromatic heterocycles. The molecule has 2 nitrogen and oxygen atoms in total. The lowest BCUT2D eigenvalue weighted by atomic mass is 10.2. The van der Waals surface area contributed by atoms with Crippen molar-refractivity contribution < 1.29 is 13.2 Å². The van der Waals surface area contributed by atoms with Gasteiger partial charge in [0.05, 0.1) is 4.90 Å². The van der Waals surface area contributed by atoms with Crippen molar-refractivity contribution in [1.29, 1.82) is 0 Å². The van der Waals surface area contributed by atoms with Crippen molar-refractivity contribution in [2.75, 3.05) is 0 Å². The number of benzene rings is 1. The van der Waals surface area contributed by atoms with E-state index in [2.05, 4.69) is 0 Å². The molecule has 0 bridgehead atoms. The van der Waals surface area contributed by atoms with Crippen LogP contribution in [0, 0.1) is 12.7 Å². The highest BCUT2D eigenvalue weighted by Crippen LogP contribution is 2.21. The van der Waals surface area contributed by atoms with E-state index in [0.29, 0.717) is 5.56 Å². The van der Waals surface area contributed by atoms with Gasteiger partial charge in [-0.15, -0.1) is 0 Å². The molecular weight excluding hydrogens is 203 g/mol. The Morgan fingerprint density at radius 1 is 1.58 bits per heavy atom. The van der Waals surface area contributed by atoms with Crippen molar-refractivity contribution in [1.82, 2.24) is 0 Å². The summed E-state index contributed by atoms with van der Waals surface area (Å²) in [6.07, 6.45) is 0. The van der Waals surface area contributed by atoms with Crippen LogP contribution in [0.4, 0.5) is 4.39 Å². The van der Waals surface area contributed by atoms with Crippen molar-refractivity contribution in [2.24, 2.45) is 0 Å². The van der Waals surface area contributed by atoms with Crippen LogP contribution in [-0.2, 0) is 11.1 Å². The summed E-state index contributed by atoms with van der Waals surface area (Å²) in [5, 5.41) is 0.246. The Morgan fingerprint density at radius 2 is 2.17 bits per heavy atom. The van der Waals surface area contributed by atoms with Crippen LogP contribution in [0.5, 0.6) is 0 Å². The van der Waals surface area contributed by atoms with Crippen molar-refractivity contribution in [3.05, 3.63) is 28.5 Å². The van der Waals surface area contributed by atoms with Gasteiger partial charge >= 0.3 is 0 Å². The summed E-state index contributed by atoms with van der Waals surface area (Å²) in [5.41, 5.74) is 0.517. The molecular formula is C7H5ClFO2S-. The highest BCUT2D eigenvalue weighted by atomic mass is 35.5. The summed E-state index contributed by atoms with van der Waals surface area (Å²) < 4.78 is 33.6. The Balaban J connectivity index is 3.33. The summed E-state index contributed by atoms with van der Waals surface area (Å²) in [4.78, 5) is -0.398. The van der Waals surface area contributed by atoms with E-state index in [9.17, 15) is 13.2 Å². The lowest BCUT2D eigenvalue weighted by Gasteiger charge is -2.07. The molecule has 0 aliphatic heterocycles. The second-order valence-electron chi connectivity index (χ2n) is 2.27. The van der Waals surface area contributed by atoms with Crippen LogP contribution in [0.2, 0.25) is 5.02 Å². The van der Waals surface area contributed by atoms with Crippen LogP contribution in [-0.4, -0.2) is 8.76 Å². The largest absolute Gasteiger partial charge is 0.768 e.